The first kappa shape index (κ1) is 22.8. The molecule has 0 saturated carbocycles. The number of rotatable bonds is 8. The van der Waals surface area contributed by atoms with Crippen LogP contribution in [0.4, 0.5) is 10.1 Å². The predicted molar refractivity (Wildman–Crippen MR) is 107 cm³/mol. The maximum absolute atomic E-state index is 13.2. The number of nitrogens with one attached hydrogen (secondary N) is 1. The minimum atomic E-state index is -1.73. The summed E-state index contributed by atoms with van der Waals surface area (Å²) in [7, 11) is 5.78. The van der Waals surface area contributed by atoms with Crippen LogP contribution in [0.2, 0.25) is 0 Å². The smallest absolute Gasteiger partial charge is 0.339 e. The first-order valence-electron chi connectivity index (χ1n) is 8.95. The summed E-state index contributed by atoms with van der Waals surface area (Å²) in [5.41, 5.74) is 0.283. The lowest BCUT2D eigenvalue weighted by atomic mass is 10.1. The van der Waals surface area contributed by atoms with E-state index in [-0.39, 0.29) is 17.0 Å². The predicted octanol–water partition coefficient (Wildman–Crippen LogP) is 3.12. The van der Waals surface area contributed by atoms with Gasteiger partial charge in [-0.3, -0.25) is 4.79 Å². The van der Waals surface area contributed by atoms with Crippen molar-refractivity contribution in [1.29, 1.82) is 0 Å². The van der Waals surface area contributed by atoms with Gasteiger partial charge in [-0.05, 0) is 37.3 Å². The molecular formula is C21H24FNO7. The number of carbonyl (C=O) groups is 2. The van der Waals surface area contributed by atoms with Crippen molar-refractivity contribution in [2.24, 2.45) is 0 Å². The van der Waals surface area contributed by atoms with Gasteiger partial charge in [0.25, 0.3) is 5.91 Å². The van der Waals surface area contributed by atoms with E-state index in [1.54, 1.807) is 18.2 Å². The summed E-state index contributed by atoms with van der Waals surface area (Å²) in [4.78, 5) is 24.4. The van der Waals surface area contributed by atoms with Gasteiger partial charge < -0.3 is 29.0 Å². The number of ether oxygens (including phenoxy) is 5. The Labute approximate surface area is 173 Å². The maximum atomic E-state index is 13.2. The highest BCUT2D eigenvalue weighted by molar-refractivity contribution is 5.97. The molecule has 1 amide bonds. The number of carbonyl (C=O) groups excluding carboxylic acids is 2. The minimum absolute atomic E-state index is 0.134. The standard InChI is InChI=1S/C21H24FNO7/c1-12(22)20(24)23-15-10-13(6-8-16(15)26-2)21(25)30-14-7-9-17(27-3)19(29-5)18(11-14)28-4/h6-12,14H,1-5H3,(H,23,24). The van der Waals surface area contributed by atoms with Crippen molar-refractivity contribution in [2.75, 3.05) is 33.8 Å². The Morgan fingerprint density at radius 3 is 2.37 bits per heavy atom. The summed E-state index contributed by atoms with van der Waals surface area (Å²) in [5, 5.41) is 2.38. The van der Waals surface area contributed by atoms with Crippen molar-refractivity contribution >= 4 is 17.6 Å². The zero-order valence-electron chi connectivity index (χ0n) is 17.4. The van der Waals surface area contributed by atoms with E-state index < -0.39 is 24.2 Å². The van der Waals surface area contributed by atoms with Crippen molar-refractivity contribution in [3.05, 3.63) is 59.3 Å². The van der Waals surface area contributed by atoms with E-state index in [4.69, 9.17) is 23.7 Å². The molecule has 1 N–H and O–H groups in total. The number of anilines is 1. The lowest BCUT2D eigenvalue weighted by Gasteiger charge is -2.15. The quantitative estimate of drug-likeness (QED) is 0.645. The van der Waals surface area contributed by atoms with Gasteiger partial charge in [0.1, 0.15) is 11.9 Å². The second kappa shape index (κ2) is 10.3. The van der Waals surface area contributed by atoms with Crippen LogP contribution in [0.15, 0.2) is 53.7 Å². The molecule has 0 aliphatic heterocycles. The van der Waals surface area contributed by atoms with E-state index >= 15 is 0 Å². The number of hydrogen-bond donors (Lipinski definition) is 1. The van der Waals surface area contributed by atoms with Gasteiger partial charge in [-0.25, -0.2) is 9.18 Å². The molecular weight excluding hydrogens is 397 g/mol. The van der Waals surface area contributed by atoms with E-state index in [0.29, 0.717) is 17.3 Å². The Morgan fingerprint density at radius 1 is 1.07 bits per heavy atom. The molecule has 162 valence electrons. The van der Waals surface area contributed by atoms with Crippen LogP contribution in [0.3, 0.4) is 0 Å². The van der Waals surface area contributed by atoms with Crippen LogP contribution < -0.4 is 10.1 Å². The lowest BCUT2D eigenvalue weighted by Crippen LogP contribution is -2.22. The SMILES string of the molecule is COC1=CC(OC(=O)c2ccc(OC)c(NC(=O)C(C)F)c2)C=CC(OC)=C1OC. The molecule has 8 nitrogen and oxygen atoms in total. The van der Waals surface area contributed by atoms with Crippen LogP contribution in [0, 0.1) is 0 Å². The molecule has 1 aliphatic carbocycles. The third kappa shape index (κ3) is 5.31. The van der Waals surface area contributed by atoms with Gasteiger partial charge in [-0.2, -0.15) is 0 Å². The lowest BCUT2D eigenvalue weighted by molar-refractivity contribution is -0.120. The average molecular weight is 421 g/mol. The minimum Gasteiger partial charge on any atom is -0.495 e. The average Bonchev–Trinajstić information content (AvgIpc) is 2.91. The summed E-state index contributed by atoms with van der Waals surface area (Å²) in [6.45, 7) is 1.11. The number of alkyl halides is 1. The van der Waals surface area contributed by atoms with Gasteiger partial charge in [-0.1, -0.05) is 0 Å². The molecule has 2 atom stereocenters. The first-order chi connectivity index (χ1) is 14.3. The van der Waals surface area contributed by atoms with Crippen molar-refractivity contribution in [2.45, 2.75) is 19.2 Å². The molecule has 0 heterocycles. The number of hydrogen-bond acceptors (Lipinski definition) is 7. The Morgan fingerprint density at radius 2 is 1.80 bits per heavy atom. The van der Waals surface area contributed by atoms with Crippen LogP contribution in [-0.2, 0) is 23.7 Å². The number of halogens is 1. The number of methoxy groups -OCH3 is 4. The molecule has 1 aliphatic rings. The molecule has 0 fully saturated rings. The second-order valence-corrected chi connectivity index (χ2v) is 6.09. The molecule has 1 aromatic carbocycles. The fraction of sp³-hybridized carbons (Fsp3) is 0.333. The van der Waals surface area contributed by atoms with Crippen molar-refractivity contribution < 1.29 is 37.7 Å². The van der Waals surface area contributed by atoms with Crippen molar-refractivity contribution in [3.8, 4) is 5.75 Å². The van der Waals surface area contributed by atoms with Crippen LogP contribution in [-0.4, -0.2) is 52.6 Å². The van der Waals surface area contributed by atoms with E-state index in [1.165, 1.54) is 46.6 Å². The fourth-order valence-electron chi connectivity index (χ4n) is 2.61. The van der Waals surface area contributed by atoms with Gasteiger partial charge in [0.15, 0.2) is 17.7 Å². The Balaban J connectivity index is 2.26. The molecule has 2 rings (SSSR count). The Kier molecular flexibility index (Phi) is 7.85. The summed E-state index contributed by atoms with van der Waals surface area (Å²) in [6.07, 6.45) is 2.24. The van der Waals surface area contributed by atoms with Crippen LogP contribution in [0.1, 0.15) is 17.3 Å². The molecule has 0 spiro atoms. The van der Waals surface area contributed by atoms with Gasteiger partial charge in [0, 0.05) is 6.08 Å². The third-order valence-electron chi connectivity index (χ3n) is 4.14. The fourth-order valence-corrected chi connectivity index (χ4v) is 2.61. The topological polar surface area (TPSA) is 92.3 Å². The number of benzene rings is 1. The summed E-state index contributed by atoms with van der Waals surface area (Å²) >= 11 is 0. The Hall–Kier alpha value is -3.49. The largest absolute Gasteiger partial charge is 0.495 e. The van der Waals surface area contributed by atoms with Crippen LogP contribution in [0.25, 0.3) is 0 Å². The monoisotopic (exact) mass is 421 g/mol. The molecule has 0 saturated heterocycles. The summed E-state index contributed by atoms with van der Waals surface area (Å²) in [6, 6.07) is 4.29. The summed E-state index contributed by atoms with van der Waals surface area (Å²) < 4.78 is 39.7. The highest BCUT2D eigenvalue weighted by Gasteiger charge is 2.22. The van der Waals surface area contributed by atoms with Gasteiger partial charge in [0.2, 0.25) is 5.76 Å². The van der Waals surface area contributed by atoms with E-state index in [1.807, 2.05) is 0 Å². The Bertz CT molecular complexity index is 889. The highest BCUT2D eigenvalue weighted by atomic mass is 19.1. The van der Waals surface area contributed by atoms with Crippen LogP contribution >= 0.6 is 0 Å². The molecule has 0 radical (unpaired) electrons. The maximum Gasteiger partial charge on any atom is 0.339 e. The summed E-state index contributed by atoms with van der Waals surface area (Å²) in [5.74, 6) is -0.179. The van der Waals surface area contributed by atoms with Crippen molar-refractivity contribution in [1.82, 2.24) is 0 Å². The normalized spacial score (nSPS) is 16.7. The molecule has 9 heteroatoms. The number of esters is 1. The molecule has 2 unspecified atom stereocenters. The van der Waals surface area contributed by atoms with Crippen LogP contribution in [0.5, 0.6) is 5.75 Å². The zero-order chi connectivity index (χ0) is 22.3. The molecule has 30 heavy (non-hydrogen) atoms. The van der Waals surface area contributed by atoms with Gasteiger partial charge >= 0.3 is 5.97 Å². The second-order valence-electron chi connectivity index (χ2n) is 6.09. The first-order valence-corrected chi connectivity index (χ1v) is 8.95. The highest BCUT2D eigenvalue weighted by Crippen LogP contribution is 2.27. The third-order valence-corrected chi connectivity index (χ3v) is 4.14. The van der Waals surface area contributed by atoms with E-state index in [0.717, 1.165) is 6.92 Å². The van der Waals surface area contributed by atoms with E-state index in [9.17, 15) is 14.0 Å². The van der Waals surface area contributed by atoms with E-state index in [2.05, 4.69) is 5.32 Å². The van der Waals surface area contributed by atoms with Crippen molar-refractivity contribution in [3.63, 3.8) is 0 Å². The zero-order valence-corrected chi connectivity index (χ0v) is 17.4. The molecule has 1 aromatic rings. The van der Waals surface area contributed by atoms with Gasteiger partial charge in [-0.15, -0.1) is 0 Å². The number of amides is 1. The van der Waals surface area contributed by atoms with Gasteiger partial charge in [0.05, 0.1) is 39.7 Å². The molecule has 0 bridgehead atoms. The number of allylic oxidation sites excluding steroid dienone is 1. The molecule has 0 aromatic heterocycles.